The van der Waals surface area contributed by atoms with Gasteiger partial charge in [0.25, 0.3) is 5.89 Å². The first-order valence-electron chi connectivity index (χ1n) is 5.69. The highest BCUT2D eigenvalue weighted by Gasteiger charge is 2.15. The summed E-state index contributed by atoms with van der Waals surface area (Å²) in [5, 5.41) is 3.74. The molecule has 0 radical (unpaired) electrons. The molecule has 0 saturated heterocycles. The first kappa shape index (κ1) is 12.5. The van der Waals surface area contributed by atoms with Crippen LogP contribution in [-0.2, 0) is 6.42 Å². The highest BCUT2D eigenvalue weighted by molar-refractivity contribution is 5.61. The van der Waals surface area contributed by atoms with Gasteiger partial charge in [-0.1, -0.05) is 18.5 Å². The van der Waals surface area contributed by atoms with Gasteiger partial charge in [-0.2, -0.15) is 4.98 Å². The molecule has 0 spiro atoms. The van der Waals surface area contributed by atoms with Gasteiger partial charge in [0, 0.05) is 12.5 Å². The van der Waals surface area contributed by atoms with Crippen LogP contribution in [-0.4, -0.2) is 10.1 Å². The van der Waals surface area contributed by atoms with Gasteiger partial charge < -0.3 is 10.3 Å². The number of benzene rings is 1. The van der Waals surface area contributed by atoms with Crippen LogP contribution in [0.25, 0.3) is 11.5 Å². The molecule has 1 heterocycles. The van der Waals surface area contributed by atoms with E-state index in [-0.39, 0.29) is 17.1 Å². The molecule has 2 rings (SSSR count). The van der Waals surface area contributed by atoms with Crippen LogP contribution >= 0.6 is 0 Å². The molecule has 2 N–H and O–H groups in total. The molecule has 0 atom stereocenters. The molecular formula is C12H13F2N3O. The van der Waals surface area contributed by atoms with Crippen molar-refractivity contribution in [2.45, 2.75) is 26.2 Å². The number of rotatable bonds is 4. The third kappa shape index (κ3) is 2.47. The molecule has 2 aromatic rings. The van der Waals surface area contributed by atoms with E-state index in [4.69, 9.17) is 10.3 Å². The number of nitrogens with zero attached hydrogens (tertiary/aromatic N) is 2. The number of hydrogen-bond acceptors (Lipinski definition) is 4. The maximum absolute atomic E-state index is 13.6. The monoisotopic (exact) mass is 253 g/mol. The average Bonchev–Trinajstić information content (AvgIpc) is 2.79. The number of halogens is 2. The lowest BCUT2D eigenvalue weighted by atomic mass is 10.2. The van der Waals surface area contributed by atoms with Crippen LogP contribution in [0.2, 0.25) is 0 Å². The molecule has 0 saturated carbocycles. The van der Waals surface area contributed by atoms with E-state index in [2.05, 4.69) is 10.1 Å². The van der Waals surface area contributed by atoms with E-state index < -0.39 is 11.6 Å². The van der Waals surface area contributed by atoms with Crippen molar-refractivity contribution >= 4 is 5.69 Å². The minimum absolute atomic E-state index is 0.0177. The summed E-state index contributed by atoms with van der Waals surface area (Å²) in [5.41, 5.74) is 5.25. The minimum atomic E-state index is -0.804. The Morgan fingerprint density at radius 1 is 1.28 bits per heavy atom. The van der Waals surface area contributed by atoms with E-state index in [1.165, 1.54) is 0 Å². The quantitative estimate of drug-likeness (QED) is 0.851. The molecule has 96 valence electrons. The number of unbranched alkanes of at least 4 members (excludes halogenated alkanes) is 1. The second kappa shape index (κ2) is 5.12. The summed E-state index contributed by atoms with van der Waals surface area (Å²) >= 11 is 0. The van der Waals surface area contributed by atoms with Crippen LogP contribution in [0.5, 0.6) is 0 Å². The predicted molar refractivity (Wildman–Crippen MR) is 62.7 cm³/mol. The molecule has 1 aromatic carbocycles. The normalized spacial score (nSPS) is 10.8. The van der Waals surface area contributed by atoms with Gasteiger partial charge in [0.2, 0.25) is 0 Å². The number of anilines is 1. The summed E-state index contributed by atoms with van der Waals surface area (Å²) in [6, 6.07) is 1.86. The zero-order chi connectivity index (χ0) is 13.1. The second-order valence-electron chi connectivity index (χ2n) is 3.97. The molecule has 18 heavy (non-hydrogen) atoms. The van der Waals surface area contributed by atoms with Crippen LogP contribution < -0.4 is 5.73 Å². The van der Waals surface area contributed by atoms with Gasteiger partial charge >= 0.3 is 0 Å². The van der Waals surface area contributed by atoms with E-state index in [0.717, 1.165) is 18.9 Å². The number of nitrogen functional groups attached to an aromatic ring is 1. The van der Waals surface area contributed by atoms with Gasteiger partial charge in [0.05, 0.1) is 11.3 Å². The lowest BCUT2D eigenvalue weighted by Gasteiger charge is -2.00. The van der Waals surface area contributed by atoms with Gasteiger partial charge in [-0.05, 0) is 12.5 Å². The summed E-state index contributed by atoms with van der Waals surface area (Å²) in [6.45, 7) is 2.04. The second-order valence-corrected chi connectivity index (χ2v) is 3.97. The van der Waals surface area contributed by atoms with Crippen LogP contribution in [0.4, 0.5) is 14.5 Å². The Bertz CT molecular complexity index is 554. The average molecular weight is 253 g/mol. The number of nitrogens with two attached hydrogens (primary N) is 1. The third-order valence-electron chi connectivity index (χ3n) is 2.54. The molecule has 4 nitrogen and oxygen atoms in total. The number of aromatic nitrogens is 2. The maximum atomic E-state index is 13.6. The van der Waals surface area contributed by atoms with Gasteiger partial charge in [0.15, 0.2) is 5.82 Å². The molecule has 1 aromatic heterocycles. The van der Waals surface area contributed by atoms with Crippen LogP contribution in [0.3, 0.4) is 0 Å². The number of aryl methyl sites for hydroxylation is 1. The Morgan fingerprint density at radius 3 is 2.78 bits per heavy atom. The summed E-state index contributed by atoms with van der Waals surface area (Å²) in [7, 11) is 0. The lowest BCUT2D eigenvalue weighted by Crippen LogP contribution is -1.95. The number of hydrogen-bond donors (Lipinski definition) is 1. The predicted octanol–water partition coefficient (Wildman–Crippen LogP) is 2.94. The third-order valence-corrected chi connectivity index (χ3v) is 2.54. The molecule has 0 amide bonds. The molecule has 0 bridgehead atoms. The molecule has 0 fully saturated rings. The molecule has 0 aliphatic rings. The molecule has 0 aliphatic carbocycles. The van der Waals surface area contributed by atoms with Crippen LogP contribution in [0.1, 0.15) is 25.6 Å². The fraction of sp³-hybridized carbons (Fsp3) is 0.333. The zero-order valence-corrected chi connectivity index (χ0v) is 9.91. The Balaban J connectivity index is 2.31. The van der Waals surface area contributed by atoms with Gasteiger partial charge in [-0.25, -0.2) is 8.78 Å². The Labute approximate surface area is 103 Å². The molecule has 6 heteroatoms. The fourth-order valence-corrected chi connectivity index (χ4v) is 1.53. The molecular weight excluding hydrogens is 240 g/mol. The fourth-order valence-electron chi connectivity index (χ4n) is 1.53. The van der Waals surface area contributed by atoms with Crippen LogP contribution in [0.15, 0.2) is 16.7 Å². The van der Waals surface area contributed by atoms with Crippen molar-refractivity contribution in [1.82, 2.24) is 10.1 Å². The Morgan fingerprint density at radius 2 is 2.06 bits per heavy atom. The SMILES string of the molecule is CCCCc1noc(-c2cc(N)c(F)cc2F)n1. The summed E-state index contributed by atoms with van der Waals surface area (Å²) in [6.07, 6.45) is 2.59. The smallest absolute Gasteiger partial charge is 0.260 e. The van der Waals surface area contributed by atoms with Crippen molar-refractivity contribution in [2.24, 2.45) is 0 Å². The highest BCUT2D eigenvalue weighted by atomic mass is 19.1. The summed E-state index contributed by atoms with van der Waals surface area (Å²) in [5.74, 6) is -1.05. The Hall–Kier alpha value is -1.98. The maximum Gasteiger partial charge on any atom is 0.260 e. The zero-order valence-electron chi connectivity index (χ0n) is 9.91. The summed E-state index contributed by atoms with van der Waals surface area (Å²) < 4.78 is 31.5. The van der Waals surface area contributed by atoms with Crippen molar-refractivity contribution in [3.8, 4) is 11.5 Å². The standard InChI is InChI=1S/C12H13F2N3O/c1-2-3-4-11-16-12(18-17-11)7-5-10(15)9(14)6-8(7)13/h5-6H,2-4,15H2,1H3. The van der Waals surface area contributed by atoms with E-state index >= 15 is 0 Å². The molecule has 0 aliphatic heterocycles. The van der Waals surface area contributed by atoms with E-state index in [9.17, 15) is 8.78 Å². The van der Waals surface area contributed by atoms with Crippen molar-refractivity contribution < 1.29 is 13.3 Å². The van der Waals surface area contributed by atoms with E-state index in [1.54, 1.807) is 0 Å². The van der Waals surface area contributed by atoms with Gasteiger partial charge in [0.1, 0.15) is 11.6 Å². The molecule has 0 unspecified atom stereocenters. The van der Waals surface area contributed by atoms with E-state index in [0.29, 0.717) is 18.3 Å². The largest absolute Gasteiger partial charge is 0.396 e. The minimum Gasteiger partial charge on any atom is -0.396 e. The van der Waals surface area contributed by atoms with Crippen molar-refractivity contribution in [2.75, 3.05) is 5.73 Å². The van der Waals surface area contributed by atoms with Gasteiger partial charge in [-0.3, -0.25) is 0 Å². The van der Waals surface area contributed by atoms with Crippen molar-refractivity contribution in [1.29, 1.82) is 0 Å². The van der Waals surface area contributed by atoms with Crippen LogP contribution in [0, 0.1) is 11.6 Å². The van der Waals surface area contributed by atoms with Crippen molar-refractivity contribution in [3.05, 3.63) is 29.6 Å². The summed E-state index contributed by atoms with van der Waals surface area (Å²) in [4.78, 5) is 4.05. The lowest BCUT2D eigenvalue weighted by molar-refractivity contribution is 0.419. The first-order chi connectivity index (χ1) is 8.61. The van der Waals surface area contributed by atoms with E-state index in [1.807, 2.05) is 6.92 Å². The topological polar surface area (TPSA) is 64.9 Å². The first-order valence-corrected chi connectivity index (χ1v) is 5.69. The highest BCUT2D eigenvalue weighted by Crippen LogP contribution is 2.25. The van der Waals surface area contributed by atoms with Crippen molar-refractivity contribution in [3.63, 3.8) is 0 Å². The van der Waals surface area contributed by atoms with Gasteiger partial charge in [-0.15, -0.1) is 0 Å². The Kier molecular flexibility index (Phi) is 3.55.